The Morgan fingerprint density at radius 2 is 1.63 bits per heavy atom. The van der Waals surface area contributed by atoms with E-state index in [1.54, 1.807) is 12.5 Å². The molecule has 5 rings (SSSR count). The Labute approximate surface area is 249 Å². The van der Waals surface area contributed by atoms with Crippen molar-refractivity contribution in [3.8, 4) is 0 Å². The number of fused-ring (bicyclic) bond motifs is 7. The van der Waals surface area contributed by atoms with Gasteiger partial charge in [0.15, 0.2) is 0 Å². The number of allylic oxidation sites excluding steroid dienone is 2. The van der Waals surface area contributed by atoms with E-state index in [4.69, 9.17) is 9.47 Å². The molecule has 0 aromatic heterocycles. The van der Waals surface area contributed by atoms with Crippen LogP contribution in [-0.2, 0) is 23.9 Å². The maximum atomic E-state index is 13.9. The van der Waals surface area contributed by atoms with Gasteiger partial charge in [-0.2, -0.15) is 0 Å². The van der Waals surface area contributed by atoms with Gasteiger partial charge in [-0.05, 0) is 110 Å². The molecule has 0 saturated heterocycles. The number of rotatable bonds is 6. The second-order valence-corrected chi connectivity index (χ2v) is 16.8. The monoisotopic (exact) mass is 568 g/mol. The zero-order valence-corrected chi connectivity index (χ0v) is 27.2. The van der Waals surface area contributed by atoms with Crippen LogP contribution in [0.4, 0.5) is 0 Å². The fourth-order valence-corrected chi connectivity index (χ4v) is 11.5. The van der Waals surface area contributed by atoms with Crippen molar-refractivity contribution in [2.24, 2.45) is 50.2 Å². The van der Waals surface area contributed by atoms with E-state index in [9.17, 15) is 14.4 Å². The first-order valence-corrected chi connectivity index (χ1v) is 16.6. The van der Waals surface area contributed by atoms with Gasteiger partial charge in [0.25, 0.3) is 0 Å². The van der Waals surface area contributed by atoms with E-state index in [0.29, 0.717) is 31.3 Å². The van der Waals surface area contributed by atoms with Crippen LogP contribution in [0.25, 0.3) is 0 Å². The molecule has 5 heteroatoms. The molecule has 4 fully saturated rings. The summed E-state index contributed by atoms with van der Waals surface area (Å²) in [5.74, 6) is 1.14. The van der Waals surface area contributed by atoms with Crippen LogP contribution >= 0.6 is 0 Å². The van der Waals surface area contributed by atoms with Crippen LogP contribution in [0.5, 0.6) is 0 Å². The minimum absolute atomic E-state index is 0.00924. The van der Waals surface area contributed by atoms with Gasteiger partial charge in [0, 0.05) is 18.8 Å². The van der Waals surface area contributed by atoms with E-state index < -0.39 is 5.41 Å². The first-order chi connectivity index (χ1) is 19.1. The average Bonchev–Trinajstić information content (AvgIpc) is 2.88. The highest BCUT2D eigenvalue weighted by Gasteiger charge is 2.69. The summed E-state index contributed by atoms with van der Waals surface area (Å²) in [4.78, 5) is 36.7. The van der Waals surface area contributed by atoms with Crippen LogP contribution in [-0.4, -0.2) is 30.9 Å². The molecule has 0 aliphatic heterocycles. The normalized spacial score (nSPS) is 44.1. The highest BCUT2D eigenvalue weighted by molar-refractivity contribution is 5.79. The van der Waals surface area contributed by atoms with Crippen LogP contribution in [0.2, 0.25) is 0 Å². The smallest absolute Gasteiger partial charge is 0.312 e. The average molecular weight is 569 g/mol. The molecule has 0 aromatic carbocycles. The van der Waals surface area contributed by atoms with Crippen molar-refractivity contribution in [3.05, 3.63) is 11.6 Å². The molecule has 0 heterocycles. The first-order valence-electron chi connectivity index (χ1n) is 16.6. The number of carbonyl (C=O) groups is 3. The molecule has 4 saturated carbocycles. The number of hydrogen-bond donors (Lipinski definition) is 0. The molecule has 5 aliphatic rings. The summed E-state index contributed by atoms with van der Waals surface area (Å²) < 4.78 is 11.9. The Bertz CT molecular complexity index is 1100. The van der Waals surface area contributed by atoms with E-state index >= 15 is 0 Å². The van der Waals surface area contributed by atoms with Crippen molar-refractivity contribution in [2.45, 2.75) is 139 Å². The van der Waals surface area contributed by atoms with Gasteiger partial charge in [-0.3, -0.25) is 9.59 Å². The summed E-state index contributed by atoms with van der Waals surface area (Å²) in [5, 5.41) is 0. The second kappa shape index (κ2) is 10.2. The molecule has 0 amide bonds. The number of ether oxygens (including phenoxy) is 2. The summed E-state index contributed by atoms with van der Waals surface area (Å²) in [6, 6.07) is 0. The fraction of sp³-hybridized carbons (Fsp3) is 0.861. The van der Waals surface area contributed by atoms with Gasteiger partial charge in [0.05, 0.1) is 12.0 Å². The molecule has 41 heavy (non-hydrogen) atoms. The summed E-state index contributed by atoms with van der Waals surface area (Å²) >= 11 is 0. The van der Waals surface area contributed by atoms with Gasteiger partial charge >= 0.3 is 11.9 Å². The summed E-state index contributed by atoms with van der Waals surface area (Å²) in [6.07, 6.45) is 14.9. The summed E-state index contributed by atoms with van der Waals surface area (Å²) in [6.45, 7) is 19.0. The van der Waals surface area contributed by atoms with E-state index in [1.807, 2.05) is 0 Å². The molecule has 0 spiro atoms. The molecule has 8 atom stereocenters. The molecule has 0 unspecified atom stereocenters. The van der Waals surface area contributed by atoms with Gasteiger partial charge in [0.2, 0.25) is 0 Å². The van der Waals surface area contributed by atoms with Crippen molar-refractivity contribution < 1.29 is 23.9 Å². The van der Waals surface area contributed by atoms with Crippen molar-refractivity contribution in [1.82, 2.24) is 0 Å². The Morgan fingerprint density at radius 3 is 2.32 bits per heavy atom. The lowest BCUT2D eigenvalue weighted by molar-refractivity contribution is -0.213. The highest BCUT2D eigenvalue weighted by Crippen LogP contribution is 2.76. The molecule has 5 aliphatic carbocycles. The van der Waals surface area contributed by atoms with Crippen LogP contribution in [0.3, 0.4) is 0 Å². The third-order valence-electron chi connectivity index (χ3n) is 14.0. The minimum Gasteiger partial charge on any atom is -0.465 e. The van der Waals surface area contributed by atoms with Gasteiger partial charge in [-0.15, -0.1) is 0 Å². The zero-order valence-electron chi connectivity index (χ0n) is 27.2. The number of aldehydes is 1. The molecule has 230 valence electrons. The van der Waals surface area contributed by atoms with Crippen LogP contribution in [0, 0.1) is 50.2 Å². The van der Waals surface area contributed by atoms with E-state index in [-0.39, 0.29) is 51.0 Å². The van der Waals surface area contributed by atoms with Crippen molar-refractivity contribution in [2.75, 3.05) is 6.61 Å². The molecular weight excluding hydrogens is 512 g/mol. The fourth-order valence-electron chi connectivity index (χ4n) is 11.5. The van der Waals surface area contributed by atoms with Crippen LogP contribution in [0.15, 0.2) is 11.6 Å². The lowest BCUT2D eigenvalue weighted by Gasteiger charge is -2.71. The number of unbranched alkanes of at least 4 members (excludes halogenated alkanes) is 1. The Morgan fingerprint density at radius 1 is 0.927 bits per heavy atom. The van der Waals surface area contributed by atoms with Gasteiger partial charge in [0.1, 0.15) is 12.4 Å². The Kier molecular flexibility index (Phi) is 7.68. The summed E-state index contributed by atoms with van der Waals surface area (Å²) in [7, 11) is 0. The second-order valence-electron chi connectivity index (χ2n) is 16.8. The third-order valence-corrected chi connectivity index (χ3v) is 14.0. The van der Waals surface area contributed by atoms with Crippen LogP contribution < -0.4 is 0 Å². The SMILES string of the molecule is CC(=O)O[C@H]1CC[C@]2(C)[C@H]3CC=C4[C@@H]5CC(C)(C)CC[C@]5(C(=O)OCCCC=O)CC[C@@]4(C)[C@]3(C)CC[C@H]2C1(C)C. The predicted octanol–water partition coefficient (Wildman–Crippen LogP) is 8.24. The van der Waals surface area contributed by atoms with E-state index in [2.05, 4.69) is 54.5 Å². The van der Waals surface area contributed by atoms with E-state index in [1.165, 1.54) is 6.42 Å². The number of esters is 2. The Hall–Kier alpha value is -1.65. The van der Waals surface area contributed by atoms with E-state index in [0.717, 1.165) is 64.1 Å². The Balaban J connectivity index is 1.50. The molecule has 0 aromatic rings. The number of hydrogen-bond acceptors (Lipinski definition) is 5. The predicted molar refractivity (Wildman–Crippen MR) is 161 cm³/mol. The molecular formula is C36H56O5. The van der Waals surface area contributed by atoms with Crippen molar-refractivity contribution in [3.63, 3.8) is 0 Å². The van der Waals surface area contributed by atoms with Crippen molar-refractivity contribution >= 4 is 18.2 Å². The van der Waals surface area contributed by atoms with Crippen LogP contribution in [0.1, 0.15) is 132 Å². The van der Waals surface area contributed by atoms with Gasteiger partial charge in [-0.1, -0.05) is 60.1 Å². The lowest BCUT2D eigenvalue weighted by atomic mass is 9.33. The first kappa shape index (κ1) is 30.8. The number of carbonyl (C=O) groups excluding carboxylic acids is 3. The molecule has 0 radical (unpaired) electrons. The zero-order chi connectivity index (χ0) is 30.1. The standard InChI is InChI=1S/C36H56O5/c1-24(38)41-29-14-15-33(6)27(32(29,4)5)13-16-35(8)28(33)12-11-25-26-23-31(2,3)17-19-36(26,20-18-34(25,35)7)30(39)40-22-10-9-21-37/h11,21,26-29H,9-10,12-20,22-23H2,1-8H3/t26-,27-,28+,29-,33-,34+,35+,36-/m0/s1. The molecule has 5 nitrogen and oxygen atoms in total. The molecule has 0 N–H and O–H groups in total. The maximum absolute atomic E-state index is 13.9. The lowest BCUT2D eigenvalue weighted by Crippen LogP contribution is -2.65. The van der Waals surface area contributed by atoms with Gasteiger partial charge in [-0.25, -0.2) is 0 Å². The van der Waals surface area contributed by atoms with Gasteiger partial charge < -0.3 is 14.3 Å². The highest BCUT2D eigenvalue weighted by atomic mass is 16.5. The van der Waals surface area contributed by atoms with Crippen molar-refractivity contribution in [1.29, 1.82) is 0 Å². The maximum Gasteiger partial charge on any atom is 0.312 e. The summed E-state index contributed by atoms with van der Waals surface area (Å²) in [5.41, 5.74) is 1.68. The largest absolute Gasteiger partial charge is 0.465 e. The topological polar surface area (TPSA) is 69.7 Å². The third kappa shape index (κ3) is 4.57. The minimum atomic E-state index is -0.434. The molecule has 0 bridgehead atoms. The quantitative estimate of drug-likeness (QED) is 0.140.